The van der Waals surface area contributed by atoms with Crippen LogP contribution in [0.3, 0.4) is 0 Å². The lowest BCUT2D eigenvalue weighted by atomic mass is 10.1. The summed E-state index contributed by atoms with van der Waals surface area (Å²) in [6.07, 6.45) is 1.65. The van der Waals surface area contributed by atoms with E-state index in [1.54, 1.807) is 13.0 Å². The summed E-state index contributed by atoms with van der Waals surface area (Å²) in [6, 6.07) is 5.75. The highest BCUT2D eigenvalue weighted by molar-refractivity contribution is 9.10. The van der Waals surface area contributed by atoms with Crippen LogP contribution >= 0.6 is 15.9 Å². The third-order valence-corrected chi connectivity index (χ3v) is 2.77. The van der Waals surface area contributed by atoms with E-state index in [1.807, 2.05) is 25.1 Å². The fourth-order valence-electron chi connectivity index (χ4n) is 1.01. The van der Waals surface area contributed by atoms with Gasteiger partial charge in [-0.15, -0.1) is 0 Å². The van der Waals surface area contributed by atoms with Gasteiger partial charge in [-0.1, -0.05) is 28.1 Å². The van der Waals surface area contributed by atoms with E-state index in [-0.39, 0.29) is 0 Å². The van der Waals surface area contributed by atoms with Crippen molar-refractivity contribution in [2.45, 2.75) is 13.8 Å². The summed E-state index contributed by atoms with van der Waals surface area (Å²) >= 11 is 3.40. The first-order valence-electron chi connectivity index (χ1n) is 4.18. The van der Waals surface area contributed by atoms with Crippen LogP contribution in [0.5, 0.6) is 0 Å². The van der Waals surface area contributed by atoms with Crippen LogP contribution in [-0.2, 0) is 4.79 Å². The molecule has 1 aromatic rings. The number of hydrogen-bond donors (Lipinski definition) is 1. The molecule has 0 radical (unpaired) electrons. The molecule has 14 heavy (non-hydrogen) atoms. The molecular formula is C11H11BrO2. The van der Waals surface area contributed by atoms with E-state index in [4.69, 9.17) is 5.11 Å². The second-order valence-electron chi connectivity index (χ2n) is 3.14. The number of rotatable bonds is 2. The number of benzene rings is 1. The van der Waals surface area contributed by atoms with Gasteiger partial charge in [-0.05, 0) is 37.1 Å². The Morgan fingerprint density at radius 3 is 2.64 bits per heavy atom. The third-order valence-electron chi connectivity index (χ3n) is 1.92. The van der Waals surface area contributed by atoms with Crippen molar-refractivity contribution < 1.29 is 9.90 Å². The number of aliphatic carboxylic acids is 1. The summed E-state index contributed by atoms with van der Waals surface area (Å²) in [5, 5.41) is 8.69. The highest BCUT2D eigenvalue weighted by Crippen LogP contribution is 2.19. The van der Waals surface area contributed by atoms with Gasteiger partial charge < -0.3 is 5.11 Å². The first-order chi connectivity index (χ1) is 6.50. The Hall–Kier alpha value is -1.09. The fraction of sp³-hybridized carbons (Fsp3) is 0.182. The molecule has 3 heteroatoms. The number of carboxylic acid groups (broad SMARTS) is 1. The molecule has 0 aromatic heterocycles. The Balaban J connectivity index is 3.04. The van der Waals surface area contributed by atoms with Gasteiger partial charge >= 0.3 is 5.97 Å². The van der Waals surface area contributed by atoms with E-state index in [0.717, 1.165) is 15.6 Å². The number of aryl methyl sites for hydroxylation is 1. The number of hydrogen-bond acceptors (Lipinski definition) is 1. The lowest BCUT2D eigenvalue weighted by Gasteiger charge is -2.00. The maximum atomic E-state index is 10.6. The molecule has 74 valence electrons. The number of halogens is 1. The number of carboxylic acids is 1. The molecular weight excluding hydrogens is 244 g/mol. The van der Waals surface area contributed by atoms with E-state index < -0.39 is 5.97 Å². The molecule has 0 saturated heterocycles. The average molecular weight is 255 g/mol. The minimum absolute atomic E-state index is 0.334. The van der Waals surface area contributed by atoms with Crippen LogP contribution in [0.25, 0.3) is 6.08 Å². The lowest BCUT2D eigenvalue weighted by Crippen LogP contribution is -1.95. The van der Waals surface area contributed by atoms with Crippen molar-refractivity contribution >= 4 is 28.0 Å². The molecule has 0 saturated carbocycles. The van der Waals surface area contributed by atoms with E-state index in [1.165, 1.54) is 0 Å². The van der Waals surface area contributed by atoms with Crippen LogP contribution in [0.1, 0.15) is 18.1 Å². The maximum Gasteiger partial charge on any atom is 0.331 e. The zero-order valence-corrected chi connectivity index (χ0v) is 9.63. The van der Waals surface area contributed by atoms with Gasteiger partial charge in [0.15, 0.2) is 0 Å². The predicted octanol–water partition coefficient (Wildman–Crippen LogP) is 3.25. The standard InChI is InChI=1S/C11H11BrO2/c1-7-3-4-9(6-10(7)12)5-8(2)11(13)14/h3-6H,1-2H3,(H,13,14)/b8-5-. The molecule has 1 rings (SSSR count). The second-order valence-corrected chi connectivity index (χ2v) is 4.00. The van der Waals surface area contributed by atoms with E-state index in [9.17, 15) is 4.79 Å². The van der Waals surface area contributed by atoms with Crippen LogP contribution in [-0.4, -0.2) is 11.1 Å². The predicted molar refractivity (Wildman–Crippen MR) is 60.2 cm³/mol. The van der Waals surface area contributed by atoms with Crippen molar-refractivity contribution in [3.63, 3.8) is 0 Å². The molecule has 2 nitrogen and oxygen atoms in total. The average Bonchev–Trinajstić information content (AvgIpc) is 2.11. The minimum Gasteiger partial charge on any atom is -0.478 e. The smallest absolute Gasteiger partial charge is 0.331 e. The molecule has 1 aromatic carbocycles. The Morgan fingerprint density at radius 2 is 2.14 bits per heavy atom. The van der Waals surface area contributed by atoms with Gasteiger partial charge in [0.2, 0.25) is 0 Å². The molecule has 0 amide bonds. The zero-order valence-electron chi connectivity index (χ0n) is 8.04. The molecule has 1 N–H and O–H groups in total. The van der Waals surface area contributed by atoms with Gasteiger partial charge in [-0.3, -0.25) is 0 Å². The molecule has 0 unspecified atom stereocenters. The van der Waals surface area contributed by atoms with E-state index in [0.29, 0.717) is 5.57 Å². The van der Waals surface area contributed by atoms with Gasteiger partial charge in [0.1, 0.15) is 0 Å². The van der Waals surface area contributed by atoms with Gasteiger partial charge in [-0.25, -0.2) is 4.79 Å². The Labute approximate surface area is 91.4 Å². The van der Waals surface area contributed by atoms with Crippen LogP contribution in [0.4, 0.5) is 0 Å². The van der Waals surface area contributed by atoms with Gasteiger partial charge in [-0.2, -0.15) is 0 Å². The summed E-state index contributed by atoms with van der Waals surface area (Å²) in [4.78, 5) is 10.6. The van der Waals surface area contributed by atoms with E-state index >= 15 is 0 Å². The SMILES string of the molecule is C/C(=C/c1ccc(C)c(Br)c1)C(=O)O. The summed E-state index contributed by atoms with van der Waals surface area (Å²) < 4.78 is 0.990. The largest absolute Gasteiger partial charge is 0.478 e. The molecule has 0 spiro atoms. The van der Waals surface area contributed by atoms with Crippen LogP contribution < -0.4 is 0 Å². The van der Waals surface area contributed by atoms with Crippen LogP contribution in [0.2, 0.25) is 0 Å². The van der Waals surface area contributed by atoms with Crippen molar-refractivity contribution in [3.8, 4) is 0 Å². The first-order valence-corrected chi connectivity index (χ1v) is 4.98. The third kappa shape index (κ3) is 2.70. The monoisotopic (exact) mass is 254 g/mol. The quantitative estimate of drug-likeness (QED) is 0.823. The normalized spacial score (nSPS) is 11.5. The van der Waals surface area contributed by atoms with Crippen molar-refractivity contribution in [1.82, 2.24) is 0 Å². The topological polar surface area (TPSA) is 37.3 Å². The Bertz CT molecular complexity index is 394. The summed E-state index contributed by atoms with van der Waals surface area (Å²) in [6.45, 7) is 3.57. The van der Waals surface area contributed by atoms with Gasteiger partial charge in [0, 0.05) is 10.0 Å². The molecule has 0 aliphatic rings. The molecule has 0 aliphatic carbocycles. The minimum atomic E-state index is -0.887. The van der Waals surface area contributed by atoms with Crippen molar-refractivity contribution in [3.05, 3.63) is 39.4 Å². The van der Waals surface area contributed by atoms with Gasteiger partial charge in [0.25, 0.3) is 0 Å². The maximum absolute atomic E-state index is 10.6. The first kappa shape index (κ1) is 11.0. The van der Waals surface area contributed by atoms with Crippen molar-refractivity contribution in [1.29, 1.82) is 0 Å². The Kier molecular flexibility index (Phi) is 3.47. The molecule has 0 aliphatic heterocycles. The second kappa shape index (κ2) is 4.42. The summed E-state index contributed by atoms with van der Waals surface area (Å²) in [5.74, 6) is -0.887. The fourth-order valence-corrected chi connectivity index (χ4v) is 1.41. The summed E-state index contributed by atoms with van der Waals surface area (Å²) in [5.41, 5.74) is 2.36. The lowest BCUT2D eigenvalue weighted by molar-refractivity contribution is -0.132. The van der Waals surface area contributed by atoms with Crippen molar-refractivity contribution in [2.24, 2.45) is 0 Å². The van der Waals surface area contributed by atoms with Gasteiger partial charge in [0.05, 0.1) is 0 Å². The molecule has 0 bridgehead atoms. The number of carbonyl (C=O) groups is 1. The molecule has 0 fully saturated rings. The van der Waals surface area contributed by atoms with Crippen molar-refractivity contribution in [2.75, 3.05) is 0 Å². The highest BCUT2D eigenvalue weighted by atomic mass is 79.9. The molecule has 0 heterocycles. The summed E-state index contributed by atoms with van der Waals surface area (Å²) in [7, 11) is 0. The molecule has 0 atom stereocenters. The van der Waals surface area contributed by atoms with Crippen LogP contribution in [0.15, 0.2) is 28.2 Å². The Morgan fingerprint density at radius 1 is 1.50 bits per heavy atom. The van der Waals surface area contributed by atoms with E-state index in [2.05, 4.69) is 15.9 Å². The highest BCUT2D eigenvalue weighted by Gasteiger charge is 2.00. The van der Waals surface area contributed by atoms with Crippen LogP contribution in [0, 0.1) is 6.92 Å². The zero-order chi connectivity index (χ0) is 10.7.